The highest BCUT2D eigenvalue weighted by Crippen LogP contribution is 2.16. The average Bonchev–Trinajstić information content (AvgIpc) is 3.00. The van der Waals surface area contributed by atoms with Crippen molar-refractivity contribution in [1.29, 1.82) is 0 Å². The summed E-state index contributed by atoms with van der Waals surface area (Å²) < 4.78 is 5.06. The number of benzene rings is 2. The Balaban J connectivity index is 1.59. The lowest BCUT2D eigenvalue weighted by molar-refractivity contribution is -0.119. The number of hydrogen-bond donors (Lipinski definition) is 2. The lowest BCUT2D eigenvalue weighted by Crippen LogP contribution is -2.21. The Morgan fingerprint density at radius 3 is 2.58 bits per heavy atom. The summed E-state index contributed by atoms with van der Waals surface area (Å²) in [4.78, 5) is 26.9. The predicted molar refractivity (Wildman–Crippen MR) is 93.1 cm³/mol. The number of para-hydroxylation sites is 1. The summed E-state index contributed by atoms with van der Waals surface area (Å²) in [7, 11) is 0. The summed E-state index contributed by atoms with van der Waals surface area (Å²) in [5.41, 5.74) is 4.10. The third kappa shape index (κ3) is 3.46. The maximum absolute atomic E-state index is 12.0. The molecule has 1 heterocycles. The van der Waals surface area contributed by atoms with E-state index in [0.29, 0.717) is 11.4 Å². The summed E-state index contributed by atoms with van der Waals surface area (Å²) in [6, 6.07) is 14.9. The number of H-pyrrole nitrogens is 1. The zero-order valence-corrected chi connectivity index (χ0v) is 13.6. The molecule has 0 fully saturated rings. The fourth-order valence-corrected chi connectivity index (χ4v) is 2.41. The molecule has 0 aliphatic rings. The molecule has 3 aromatic rings. The molecular formula is C19H18N2O3. The lowest BCUT2D eigenvalue weighted by Gasteiger charge is -2.08. The van der Waals surface area contributed by atoms with Crippen molar-refractivity contribution >= 4 is 28.5 Å². The molecule has 2 N–H and O–H groups in total. The molecule has 0 aliphatic heterocycles. The van der Waals surface area contributed by atoms with Gasteiger partial charge in [-0.3, -0.25) is 4.79 Å². The van der Waals surface area contributed by atoms with Crippen LogP contribution in [0.15, 0.2) is 48.5 Å². The Labute approximate surface area is 139 Å². The van der Waals surface area contributed by atoms with Crippen molar-refractivity contribution in [2.45, 2.75) is 13.8 Å². The fourth-order valence-electron chi connectivity index (χ4n) is 2.41. The molecule has 0 saturated carbocycles. The van der Waals surface area contributed by atoms with Crippen molar-refractivity contribution in [3.05, 3.63) is 65.4 Å². The minimum atomic E-state index is -0.554. The van der Waals surface area contributed by atoms with E-state index in [0.717, 1.165) is 22.0 Å². The molecule has 24 heavy (non-hydrogen) atoms. The molecule has 3 rings (SSSR count). The molecule has 0 aliphatic carbocycles. The molecule has 0 radical (unpaired) electrons. The van der Waals surface area contributed by atoms with Crippen molar-refractivity contribution in [3.63, 3.8) is 0 Å². The first kappa shape index (κ1) is 15.8. The van der Waals surface area contributed by atoms with Gasteiger partial charge in [0.1, 0.15) is 5.69 Å². The van der Waals surface area contributed by atoms with Gasteiger partial charge in [0.15, 0.2) is 6.61 Å². The van der Waals surface area contributed by atoms with E-state index in [1.54, 1.807) is 6.07 Å². The van der Waals surface area contributed by atoms with Crippen molar-refractivity contribution in [2.75, 3.05) is 11.9 Å². The summed E-state index contributed by atoms with van der Waals surface area (Å²) in [5, 5.41) is 3.64. The molecular weight excluding hydrogens is 304 g/mol. The number of rotatable bonds is 4. The van der Waals surface area contributed by atoms with Crippen molar-refractivity contribution < 1.29 is 14.3 Å². The minimum Gasteiger partial charge on any atom is -0.451 e. The number of aromatic amines is 1. The normalized spacial score (nSPS) is 10.6. The van der Waals surface area contributed by atoms with Crippen LogP contribution in [-0.4, -0.2) is 23.5 Å². The quantitative estimate of drug-likeness (QED) is 0.721. The first-order chi connectivity index (χ1) is 11.5. The molecule has 0 unspecified atom stereocenters. The van der Waals surface area contributed by atoms with Gasteiger partial charge in [0, 0.05) is 16.6 Å². The SMILES string of the molecule is Cc1ccc(NC(=O)COC(=O)c2cc3ccccc3[nH]2)cc1C. The Morgan fingerprint density at radius 2 is 1.83 bits per heavy atom. The van der Waals surface area contributed by atoms with E-state index < -0.39 is 5.97 Å². The largest absolute Gasteiger partial charge is 0.451 e. The van der Waals surface area contributed by atoms with Crippen LogP contribution in [-0.2, 0) is 9.53 Å². The van der Waals surface area contributed by atoms with Gasteiger partial charge < -0.3 is 15.0 Å². The van der Waals surface area contributed by atoms with Gasteiger partial charge in [0.05, 0.1) is 0 Å². The van der Waals surface area contributed by atoms with Crippen LogP contribution in [0, 0.1) is 13.8 Å². The van der Waals surface area contributed by atoms with Gasteiger partial charge in [0.25, 0.3) is 5.91 Å². The molecule has 5 nitrogen and oxygen atoms in total. The number of nitrogens with one attached hydrogen (secondary N) is 2. The molecule has 0 bridgehead atoms. The zero-order chi connectivity index (χ0) is 17.1. The number of carbonyl (C=O) groups is 2. The monoisotopic (exact) mass is 322 g/mol. The van der Waals surface area contributed by atoms with Crippen LogP contribution in [0.25, 0.3) is 10.9 Å². The fraction of sp³-hybridized carbons (Fsp3) is 0.158. The number of esters is 1. The molecule has 1 aromatic heterocycles. The summed E-state index contributed by atoms with van der Waals surface area (Å²) >= 11 is 0. The summed E-state index contributed by atoms with van der Waals surface area (Å²) in [6.45, 7) is 3.64. The number of amides is 1. The van der Waals surface area contributed by atoms with Crippen molar-refractivity contribution in [3.8, 4) is 0 Å². The Morgan fingerprint density at radius 1 is 1.04 bits per heavy atom. The van der Waals surface area contributed by atoms with Crippen LogP contribution in [0.4, 0.5) is 5.69 Å². The highest BCUT2D eigenvalue weighted by atomic mass is 16.5. The van der Waals surface area contributed by atoms with Gasteiger partial charge in [-0.15, -0.1) is 0 Å². The first-order valence-corrected chi connectivity index (χ1v) is 7.65. The van der Waals surface area contributed by atoms with Gasteiger partial charge in [-0.1, -0.05) is 24.3 Å². The van der Waals surface area contributed by atoms with Gasteiger partial charge in [-0.2, -0.15) is 0 Å². The van der Waals surface area contributed by atoms with Gasteiger partial charge in [-0.25, -0.2) is 4.79 Å². The van der Waals surface area contributed by atoms with E-state index in [4.69, 9.17) is 4.74 Å². The van der Waals surface area contributed by atoms with Crippen LogP contribution < -0.4 is 5.32 Å². The number of anilines is 1. The zero-order valence-electron chi connectivity index (χ0n) is 13.6. The second-order valence-corrected chi connectivity index (χ2v) is 5.69. The number of hydrogen-bond acceptors (Lipinski definition) is 3. The average molecular weight is 322 g/mol. The van der Waals surface area contributed by atoms with Crippen LogP contribution in [0.5, 0.6) is 0 Å². The minimum absolute atomic E-state index is 0.329. The smallest absolute Gasteiger partial charge is 0.355 e. The summed E-state index contributed by atoms with van der Waals surface area (Å²) in [5.74, 6) is -0.927. The van der Waals surface area contributed by atoms with Crippen LogP contribution in [0.3, 0.4) is 0 Å². The molecule has 0 saturated heterocycles. The standard InChI is InChI=1S/C19H18N2O3/c1-12-7-8-15(9-13(12)2)20-18(22)11-24-19(23)17-10-14-5-3-4-6-16(14)21-17/h3-10,21H,11H2,1-2H3,(H,20,22). The Kier molecular flexibility index (Phi) is 4.33. The molecule has 1 amide bonds. The van der Waals surface area contributed by atoms with Gasteiger partial charge in [0.2, 0.25) is 0 Å². The van der Waals surface area contributed by atoms with Crippen LogP contribution in [0.2, 0.25) is 0 Å². The van der Waals surface area contributed by atoms with Crippen molar-refractivity contribution in [1.82, 2.24) is 4.98 Å². The molecule has 5 heteroatoms. The third-order valence-electron chi connectivity index (χ3n) is 3.87. The maximum Gasteiger partial charge on any atom is 0.355 e. The predicted octanol–water partition coefficient (Wildman–Crippen LogP) is 3.58. The van der Waals surface area contributed by atoms with Gasteiger partial charge in [-0.05, 0) is 49.2 Å². The first-order valence-electron chi connectivity index (χ1n) is 7.65. The molecule has 0 atom stereocenters. The highest BCUT2D eigenvalue weighted by Gasteiger charge is 2.13. The number of carbonyl (C=O) groups excluding carboxylic acids is 2. The topological polar surface area (TPSA) is 71.2 Å². The van der Waals surface area contributed by atoms with E-state index in [1.165, 1.54) is 0 Å². The lowest BCUT2D eigenvalue weighted by atomic mass is 10.1. The Hall–Kier alpha value is -3.08. The molecule has 122 valence electrons. The number of ether oxygens (including phenoxy) is 1. The summed E-state index contributed by atoms with van der Waals surface area (Å²) in [6.07, 6.45) is 0. The maximum atomic E-state index is 12.0. The third-order valence-corrected chi connectivity index (χ3v) is 3.87. The Bertz CT molecular complexity index is 879. The van der Waals surface area contributed by atoms with Gasteiger partial charge >= 0.3 is 5.97 Å². The van der Waals surface area contributed by atoms with Crippen LogP contribution >= 0.6 is 0 Å². The second kappa shape index (κ2) is 6.58. The number of aromatic nitrogens is 1. The molecule has 2 aromatic carbocycles. The van der Waals surface area contributed by atoms with E-state index in [2.05, 4.69) is 10.3 Å². The second-order valence-electron chi connectivity index (χ2n) is 5.69. The van der Waals surface area contributed by atoms with E-state index in [-0.39, 0.29) is 12.5 Å². The number of fused-ring (bicyclic) bond motifs is 1. The van der Waals surface area contributed by atoms with E-state index in [1.807, 2.05) is 56.3 Å². The van der Waals surface area contributed by atoms with Crippen molar-refractivity contribution in [2.24, 2.45) is 0 Å². The van der Waals surface area contributed by atoms with E-state index >= 15 is 0 Å². The molecule has 0 spiro atoms. The highest BCUT2D eigenvalue weighted by molar-refractivity contribution is 5.97. The number of aryl methyl sites for hydroxylation is 2. The van der Waals surface area contributed by atoms with Crippen LogP contribution in [0.1, 0.15) is 21.6 Å². The van der Waals surface area contributed by atoms with E-state index in [9.17, 15) is 9.59 Å².